The van der Waals surface area contributed by atoms with E-state index >= 15 is 0 Å². The first-order valence-corrected chi connectivity index (χ1v) is 8.90. The summed E-state index contributed by atoms with van der Waals surface area (Å²) in [7, 11) is -3.71. The van der Waals surface area contributed by atoms with Gasteiger partial charge in [0.1, 0.15) is 10.6 Å². The Labute approximate surface area is 135 Å². The molecule has 22 heavy (non-hydrogen) atoms. The Morgan fingerprint density at radius 1 is 1.41 bits per heavy atom. The van der Waals surface area contributed by atoms with Crippen molar-refractivity contribution >= 4 is 27.5 Å². The Morgan fingerprint density at radius 3 is 2.59 bits per heavy atom. The van der Waals surface area contributed by atoms with E-state index in [1.165, 1.54) is 10.4 Å². The van der Waals surface area contributed by atoms with Gasteiger partial charge in [0, 0.05) is 24.0 Å². The zero-order valence-electron chi connectivity index (χ0n) is 12.3. The molecule has 1 aliphatic rings. The van der Waals surface area contributed by atoms with Crippen molar-refractivity contribution in [1.29, 1.82) is 0 Å². The van der Waals surface area contributed by atoms with Crippen molar-refractivity contribution in [2.45, 2.75) is 24.7 Å². The number of sulfonamides is 1. The molecule has 0 bridgehead atoms. The van der Waals surface area contributed by atoms with Crippen LogP contribution in [0.5, 0.6) is 5.75 Å². The van der Waals surface area contributed by atoms with Gasteiger partial charge in [-0.05, 0) is 38.0 Å². The van der Waals surface area contributed by atoms with Gasteiger partial charge in [0.2, 0.25) is 15.9 Å². The quantitative estimate of drug-likeness (QED) is 0.877. The normalized spacial score (nSPS) is 17.4. The number of carbonyl (C=O) groups excluding carboxylic acids is 1. The van der Waals surface area contributed by atoms with Crippen molar-refractivity contribution in [3.63, 3.8) is 0 Å². The lowest BCUT2D eigenvalue weighted by Crippen LogP contribution is -2.41. The second-order valence-corrected chi connectivity index (χ2v) is 7.45. The predicted molar refractivity (Wildman–Crippen MR) is 83.3 cm³/mol. The van der Waals surface area contributed by atoms with Gasteiger partial charge in [-0.1, -0.05) is 11.6 Å². The Kier molecular flexibility index (Phi) is 5.31. The number of nitrogens with zero attached hydrogens (tertiary/aromatic N) is 1. The maximum Gasteiger partial charge on any atom is 0.246 e. The minimum atomic E-state index is -3.71. The number of ether oxygens (including phenoxy) is 1. The summed E-state index contributed by atoms with van der Waals surface area (Å²) in [6, 6.07) is 4.53. The topological polar surface area (TPSA) is 89.7 Å². The van der Waals surface area contributed by atoms with Crippen LogP contribution in [0, 0.1) is 5.92 Å². The number of rotatable bonds is 5. The van der Waals surface area contributed by atoms with Crippen molar-refractivity contribution in [3.8, 4) is 5.75 Å². The number of benzene rings is 1. The van der Waals surface area contributed by atoms with Crippen LogP contribution in [-0.4, -0.2) is 38.3 Å². The number of carbonyl (C=O) groups is 1. The van der Waals surface area contributed by atoms with Crippen LogP contribution in [0.15, 0.2) is 23.1 Å². The third-order valence-electron chi connectivity index (χ3n) is 3.68. The van der Waals surface area contributed by atoms with E-state index in [2.05, 4.69) is 0 Å². The summed E-state index contributed by atoms with van der Waals surface area (Å²) in [5.41, 5.74) is 5.27. The Hall–Kier alpha value is -1.31. The van der Waals surface area contributed by atoms with E-state index in [0.29, 0.717) is 24.5 Å². The molecule has 1 heterocycles. The summed E-state index contributed by atoms with van der Waals surface area (Å²) in [5.74, 6) is -0.365. The van der Waals surface area contributed by atoms with Gasteiger partial charge in [-0.2, -0.15) is 4.31 Å². The van der Waals surface area contributed by atoms with Crippen LogP contribution in [0.4, 0.5) is 0 Å². The number of primary amides is 1. The highest BCUT2D eigenvalue weighted by Crippen LogP contribution is 2.32. The van der Waals surface area contributed by atoms with Gasteiger partial charge in [0.05, 0.1) is 6.61 Å². The Morgan fingerprint density at radius 2 is 2.05 bits per heavy atom. The molecule has 0 atom stereocenters. The molecule has 0 spiro atoms. The number of hydrogen-bond donors (Lipinski definition) is 1. The first kappa shape index (κ1) is 17.1. The molecular weight excluding hydrogens is 328 g/mol. The number of amides is 1. The predicted octanol–water partition coefficient (Wildman–Crippen LogP) is 1.62. The van der Waals surface area contributed by atoms with Crippen LogP contribution >= 0.6 is 11.6 Å². The van der Waals surface area contributed by atoms with Crippen LogP contribution in [-0.2, 0) is 14.8 Å². The van der Waals surface area contributed by atoms with E-state index in [0.717, 1.165) is 0 Å². The highest BCUT2D eigenvalue weighted by atomic mass is 35.5. The second kappa shape index (κ2) is 6.85. The summed E-state index contributed by atoms with van der Waals surface area (Å²) in [5, 5.41) is 0.328. The van der Waals surface area contributed by atoms with Crippen molar-refractivity contribution < 1.29 is 17.9 Å². The van der Waals surface area contributed by atoms with Crippen LogP contribution in [0.25, 0.3) is 0 Å². The highest BCUT2D eigenvalue weighted by Gasteiger charge is 2.33. The maximum absolute atomic E-state index is 12.8. The first-order chi connectivity index (χ1) is 10.4. The van der Waals surface area contributed by atoms with Gasteiger partial charge >= 0.3 is 0 Å². The third-order valence-corrected chi connectivity index (χ3v) is 5.83. The molecule has 122 valence electrons. The van der Waals surface area contributed by atoms with Gasteiger partial charge in [-0.25, -0.2) is 8.42 Å². The average Bonchev–Trinajstić information content (AvgIpc) is 2.49. The van der Waals surface area contributed by atoms with E-state index in [-0.39, 0.29) is 35.6 Å². The highest BCUT2D eigenvalue weighted by molar-refractivity contribution is 7.89. The average molecular weight is 347 g/mol. The molecule has 1 saturated heterocycles. The third kappa shape index (κ3) is 3.53. The van der Waals surface area contributed by atoms with E-state index in [1.807, 2.05) is 0 Å². The van der Waals surface area contributed by atoms with Crippen molar-refractivity contribution in [1.82, 2.24) is 4.31 Å². The molecular formula is C14H19ClN2O4S. The number of piperidine rings is 1. The largest absolute Gasteiger partial charge is 0.492 e. The fourth-order valence-electron chi connectivity index (χ4n) is 2.48. The fourth-order valence-corrected chi connectivity index (χ4v) is 4.34. The monoisotopic (exact) mass is 346 g/mol. The molecule has 1 fully saturated rings. The molecule has 1 amide bonds. The molecule has 1 aromatic rings. The van der Waals surface area contributed by atoms with Crippen LogP contribution in [0.1, 0.15) is 19.8 Å². The summed E-state index contributed by atoms with van der Waals surface area (Å²) in [4.78, 5) is 11.2. The lowest BCUT2D eigenvalue weighted by Gasteiger charge is -2.30. The summed E-state index contributed by atoms with van der Waals surface area (Å²) < 4.78 is 32.3. The van der Waals surface area contributed by atoms with E-state index in [4.69, 9.17) is 22.1 Å². The Bertz CT molecular complexity index is 655. The summed E-state index contributed by atoms with van der Waals surface area (Å²) >= 11 is 5.93. The van der Waals surface area contributed by atoms with Gasteiger partial charge in [-0.3, -0.25) is 4.79 Å². The van der Waals surface area contributed by atoms with Crippen molar-refractivity contribution in [2.75, 3.05) is 19.7 Å². The van der Waals surface area contributed by atoms with Crippen molar-refractivity contribution in [2.24, 2.45) is 11.7 Å². The summed E-state index contributed by atoms with van der Waals surface area (Å²) in [6.07, 6.45) is 0.859. The minimum absolute atomic E-state index is 0.0550. The van der Waals surface area contributed by atoms with Crippen molar-refractivity contribution in [3.05, 3.63) is 23.2 Å². The molecule has 0 radical (unpaired) electrons. The number of hydrogen-bond acceptors (Lipinski definition) is 4. The van der Waals surface area contributed by atoms with Gasteiger partial charge < -0.3 is 10.5 Å². The molecule has 0 unspecified atom stereocenters. The van der Waals surface area contributed by atoms with Gasteiger partial charge in [0.25, 0.3) is 0 Å². The molecule has 0 aromatic heterocycles. The molecule has 0 aliphatic carbocycles. The van der Waals surface area contributed by atoms with Gasteiger partial charge in [-0.15, -0.1) is 0 Å². The minimum Gasteiger partial charge on any atom is -0.492 e. The fraction of sp³-hybridized carbons (Fsp3) is 0.500. The second-order valence-electron chi connectivity index (χ2n) is 5.10. The molecule has 0 saturated carbocycles. The first-order valence-electron chi connectivity index (χ1n) is 7.08. The zero-order valence-corrected chi connectivity index (χ0v) is 13.9. The van der Waals surface area contributed by atoms with Crippen LogP contribution in [0.3, 0.4) is 0 Å². The smallest absolute Gasteiger partial charge is 0.246 e. The Balaban J connectivity index is 2.28. The lowest BCUT2D eigenvalue weighted by molar-refractivity contribution is -0.122. The molecule has 2 rings (SSSR count). The molecule has 1 aromatic carbocycles. The summed E-state index contributed by atoms with van der Waals surface area (Å²) in [6.45, 7) is 2.65. The van der Waals surface area contributed by atoms with Crippen LogP contribution < -0.4 is 10.5 Å². The lowest BCUT2D eigenvalue weighted by atomic mass is 9.98. The SMILES string of the molecule is CCOc1ccc(Cl)cc1S(=O)(=O)N1CCC(C(N)=O)CC1. The number of nitrogens with two attached hydrogens (primary N) is 1. The molecule has 6 nitrogen and oxygen atoms in total. The van der Waals surface area contributed by atoms with Gasteiger partial charge in [0.15, 0.2) is 0 Å². The molecule has 8 heteroatoms. The van der Waals surface area contributed by atoms with E-state index < -0.39 is 10.0 Å². The molecule has 2 N–H and O–H groups in total. The molecule has 1 aliphatic heterocycles. The van der Waals surface area contributed by atoms with Crippen LogP contribution in [0.2, 0.25) is 5.02 Å². The standard InChI is InChI=1S/C14H19ClN2O4S/c1-2-21-12-4-3-11(15)9-13(12)22(19,20)17-7-5-10(6-8-17)14(16)18/h3-4,9-10H,2,5-8H2,1H3,(H2,16,18). The zero-order chi connectivity index (χ0) is 16.3. The van der Waals surface area contributed by atoms with E-state index in [1.54, 1.807) is 19.1 Å². The van der Waals surface area contributed by atoms with E-state index in [9.17, 15) is 13.2 Å². The maximum atomic E-state index is 12.8. The number of halogens is 1.